The average Bonchev–Trinajstić information content (AvgIpc) is 3.39. The molecule has 0 aliphatic rings. The zero-order valence-electron chi connectivity index (χ0n) is 49.9. The van der Waals surface area contributed by atoms with E-state index in [1.165, 1.54) is 321 Å². The van der Waals surface area contributed by atoms with Gasteiger partial charge in [0.2, 0.25) is 5.91 Å². The summed E-state index contributed by atoms with van der Waals surface area (Å²) >= 11 is 0. The van der Waals surface area contributed by atoms with Gasteiger partial charge in [0.05, 0.1) is 25.4 Å². The lowest BCUT2D eigenvalue weighted by Gasteiger charge is -2.22. The van der Waals surface area contributed by atoms with E-state index in [-0.39, 0.29) is 18.5 Å². The number of ether oxygens (including phenoxy) is 1. The first-order valence-electron chi connectivity index (χ1n) is 33.8. The Kier molecular flexibility index (Phi) is 62.4. The molecule has 0 heterocycles. The highest BCUT2D eigenvalue weighted by Crippen LogP contribution is 2.19. The van der Waals surface area contributed by atoms with Crippen molar-refractivity contribution < 1.29 is 24.5 Å². The molecule has 0 bridgehead atoms. The van der Waals surface area contributed by atoms with E-state index in [1.54, 1.807) is 0 Å². The van der Waals surface area contributed by atoms with Gasteiger partial charge >= 0.3 is 5.97 Å². The molecular formula is C67H133NO5. The van der Waals surface area contributed by atoms with Crippen molar-refractivity contribution >= 4 is 11.9 Å². The lowest BCUT2D eigenvalue weighted by Crippen LogP contribution is -2.45. The fraction of sp³-hybridized carbons (Fsp3) is 0.970. The molecule has 2 atom stereocenters. The molecule has 0 fully saturated rings. The van der Waals surface area contributed by atoms with Gasteiger partial charge < -0.3 is 20.3 Å². The van der Waals surface area contributed by atoms with Crippen LogP contribution in [0.3, 0.4) is 0 Å². The highest BCUT2D eigenvalue weighted by Gasteiger charge is 2.20. The van der Waals surface area contributed by atoms with Crippen molar-refractivity contribution in [2.45, 2.75) is 405 Å². The Morgan fingerprint density at radius 2 is 0.562 bits per heavy atom. The number of aliphatic hydroxyl groups is 2. The van der Waals surface area contributed by atoms with Gasteiger partial charge in [0.15, 0.2) is 0 Å². The van der Waals surface area contributed by atoms with Crippen molar-refractivity contribution in [2.24, 2.45) is 0 Å². The minimum atomic E-state index is -0.659. The number of rotatable bonds is 64. The van der Waals surface area contributed by atoms with E-state index in [2.05, 4.69) is 19.2 Å². The lowest BCUT2D eigenvalue weighted by molar-refractivity contribution is -0.143. The van der Waals surface area contributed by atoms with Gasteiger partial charge in [-0.2, -0.15) is 0 Å². The third-order valence-electron chi connectivity index (χ3n) is 16.2. The highest BCUT2D eigenvalue weighted by atomic mass is 16.5. The van der Waals surface area contributed by atoms with E-state index in [0.717, 1.165) is 38.5 Å². The molecule has 0 saturated carbocycles. The van der Waals surface area contributed by atoms with Crippen LogP contribution in [-0.2, 0) is 14.3 Å². The summed E-state index contributed by atoms with van der Waals surface area (Å²) in [5.74, 6) is -0.00604. The quantitative estimate of drug-likeness (QED) is 0.0417. The number of carbonyl (C=O) groups is 2. The summed E-state index contributed by atoms with van der Waals surface area (Å²) in [6, 6.07) is -0.536. The molecule has 0 saturated heterocycles. The van der Waals surface area contributed by atoms with Gasteiger partial charge in [-0.3, -0.25) is 9.59 Å². The molecular weight excluding hydrogens is 899 g/mol. The molecule has 0 aliphatic heterocycles. The first kappa shape index (κ1) is 71.9. The number of hydrogen-bond donors (Lipinski definition) is 3. The Labute approximate surface area is 457 Å². The number of esters is 1. The predicted octanol–water partition coefficient (Wildman–Crippen LogP) is 21.4. The van der Waals surface area contributed by atoms with Crippen LogP contribution >= 0.6 is 0 Å². The molecule has 1 amide bonds. The van der Waals surface area contributed by atoms with Crippen LogP contribution in [0, 0.1) is 0 Å². The molecule has 2 unspecified atom stereocenters. The molecule has 6 nitrogen and oxygen atoms in total. The van der Waals surface area contributed by atoms with Crippen molar-refractivity contribution in [1.29, 1.82) is 0 Å². The third-order valence-corrected chi connectivity index (χ3v) is 16.2. The largest absolute Gasteiger partial charge is 0.466 e. The van der Waals surface area contributed by atoms with Crippen molar-refractivity contribution in [3.05, 3.63) is 0 Å². The summed E-state index contributed by atoms with van der Waals surface area (Å²) < 4.78 is 5.48. The van der Waals surface area contributed by atoms with Gasteiger partial charge in [0, 0.05) is 12.8 Å². The molecule has 0 rings (SSSR count). The summed E-state index contributed by atoms with van der Waals surface area (Å²) in [7, 11) is 0. The van der Waals surface area contributed by atoms with Crippen LogP contribution in [0.25, 0.3) is 0 Å². The minimum absolute atomic E-state index is 0.0218. The lowest BCUT2D eigenvalue weighted by atomic mass is 10.0. The van der Waals surface area contributed by atoms with Crippen LogP contribution < -0.4 is 5.32 Å². The van der Waals surface area contributed by atoms with Gasteiger partial charge in [0.1, 0.15) is 0 Å². The first-order chi connectivity index (χ1) is 36.0. The molecule has 0 spiro atoms. The Balaban J connectivity index is 3.30. The Bertz CT molecular complexity index is 1050. The van der Waals surface area contributed by atoms with Gasteiger partial charge in [-0.05, 0) is 25.7 Å². The predicted molar refractivity (Wildman–Crippen MR) is 320 cm³/mol. The fourth-order valence-electron chi connectivity index (χ4n) is 11.0. The molecule has 3 N–H and O–H groups in total. The number of unbranched alkanes of at least 4 members (excludes halogenated alkanes) is 53. The molecule has 0 aromatic heterocycles. The Morgan fingerprint density at radius 3 is 0.836 bits per heavy atom. The summed E-state index contributed by atoms with van der Waals surface area (Å²) in [5.41, 5.74) is 0. The normalized spacial score (nSPS) is 12.4. The van der Waals surface area contributed by atoms with Crippen LogP contribution in [-0.4, -0.2) is 47.4 Å². The topological polar surface area (TPSA) is 95.9 Å². The summed E-state index contributed by atoms with van der Waals surface area (Å²) in [6.07, 6.45) is 75.8. The number of carbonyl (C=O) groups excluding carboxylic acids is 2. The van der Waals surface area contributed by atoms with E-state index >= 15 is 0 Å². The van der Waals surface area contributed by atoms with Gasteiger partial charge in [-0.1, -0.05) is 354 Å². The summed E-state index contributed by atoms with van der Waals surface area (Å²) in [4.78, 5) is 24.5. The fourth-order valence-corrected chi connectivity index (χ4v) is 11.0. The zero-order valence-corrected chi connectivity index (χ0v) is 49.9. The monoisotopic (exact) mass is 1030 g/mol. The Morgan fingerprint density at radius 1 is 0.329 bits per heavy atom. The standard InChI is InChI=1S/C67H133NO5/c1-3-5-7-9-11-13-15-36-40-43-47-51-55-59-65(70)64(63-69)68-66(71)60-56-52-48-44-41-37-34-32-30-28-26-24-22-20-18-16-17-19-21-23-25-27-29-31-33-35-38-42-46-50-54-58-62-73-67(72)61-57-53-49-45-39-14-12-10-8-6-4-2/h64-65,69-70H,3-63H2,1-2H3,(H,68,71). The maximum atomic E-state index is 12.5. The smallest absolute Gasteiger partial charge is 0.305 e. The van der Waals surface area contributed by atoms with Crippen molar-refractivity contribution in [2.75, 3.05) is 13.2 Å². The van der Waals surface area contributed by atoms with Gasteiger partial charge in [-0.25, -0.2) is 0 Å². The van der Waals surface area contributed by atoms with E-state index in [1.807, 2.05) is 0 Å². The summed E-state index contributed by atoms with van der Waals surface area (Å²) in [6.45, 7) is 4.98. The van der Waals surface area contributed by atoms with Gasteiger partial charge in [-0.15, -0.1) is 0 Å². The van der Waals surface area contributed by atoms with Crippen LogP contribution in [0.4, 0.5) is 0 Å². The number of amides is 1. The van der Waals surface area contributed by atoms with Crippen LogP contribution in [0.15, 0.2) is 0 Å². The second-order valence-corrected chi connectivity index (χ2v) is 23.5. The number of hydrogen-bond acceptors (Lipinski definition) is 5. The maximum Gasteiger partial charge on any atom is 0.305 e. The second-order valence-electron chi connectivity index (χ2n) is 23.5. The van der Waals surface area contributed by atoms with Crippen molar-refractivity contribution in [3.8, 4) is 0 Å². The molecule has 0 aromatic carbocycles. The summed E-state index contributed by atoms with van der Waals surface area (Å²) in [5, 5.41) is 23.3. The third kappa shape index (κ3) is 60.0. The average molecular weight is 1030 g/mol. The van der Waals surface area contributed by atoms with E-state index in [0.29, 0.717) is 25.9 Å². The van der Waals surface area contributed by atoms with Crippen molar-refractivity contribution in [3.63, 3.8) is 0 Å². The van der Waals surface area contributed by atoms with E-state index < -0.39 is 12.1 Å². The molecule has 73 heavy (non-hydrogen) atoms. The maximum absolute atomic E-state index is 12.5. The minimum Gasteiger partial charge on any atom is -0.466 e. The molecule has 436 valence electrons. The van der Waals surface area contributed by atoms with E-state index in [4.69, 9.17) is 4.74 Å². The van der Waals surface area contributed by atoms with Crippen molar-refractivity contribution in [1.82, 2.24) is 5.32 Å². The Hall–Kier alpha value is -1.14. The first-order valence-corrected chi connectivity index (χ1v) is 33.8. The van der Waals surface area contributed by atoms with Crippen LogP contribution in [0.5, 0.6) is 0 Å². The molecule has 0 radical (unpaired) electrons. The van der Waals surface area contributed by atoms with E-state index in [9.17, 15) is 19.8 Å². The second kappa shape index (κ2) is 63.4. The van der Waals surface area contributed by atoms with Gasteiger partial charge in [0.25, 0.3) is 0 Å². The zero-order chi connectivity index (χ0) is 52.9. The van der Waals surface area contributed by atoms with Crippen LogP contribution in [0.2, 0.25) is 0 Å². The van der Waals surface area contributed by atoms with Crippen LogP contribution in [0.1, 0.15) is 393 Å². The number of aliphatic hydroxyl groups excluding tert-OH is 2. The highest BCUT2D eigenvalue weighted by molar-refractivity contribution is 5.76. The number of nitrogens with one attached hydrogen (secondary N) is 1. The SMILES string of the molecule is CCCCCCCCCCCCCCCC(O)C(CO)NC(=O)CCCCCCCCCCCCCCCCCCCCCCCCCCCCCCCCCCOC(=O)CCCCCCCCCCCCC. The molecule has 0 aromatic rings. The molecule has 0 aliphatic carbocycles. The molecule has 6 heteroatoms.